The topological polar surface area (TPSA) is 55.6 Å². The molecule has 0 bridgehead atoms. The van der Waals surface area contributed by atoms with Gasteiger partial charge in [0.25, 0.3) is 0 Å². The van der Waals surface area contributed by atoms with Crippen molar-refractivity contribution in [1.29, 1.82) is 0 Å². The van der Waals surface area contributed by atoms with E-state index in [0.29, 0.717) is 5.89 Å². The molecule has 252 valence electrons. The van der Waals surface area contributed by atoms with Crippen LogP contribution in [0.4, 0.5) is 17.1 Å². The van der Waals surface area contributed by atoms with Gasteiger partial charge >= 0.3 is 0 Å². The van der Waals surface area contributed by atoms with Crippen LogP contribution in [-0.4, -0.2) is 4.98 Å². The van der Waals surface area contributed by atoms with Crippen LogP contribution >= 0.6 is 0 Å². The van der Waals surface area contributed by atoms with Crippen LogP contribution in [0.1, 0.15) is 0 Å². The molecule has 54 heavy (non-hydrogen) atoms. The molecule has 0 atom stereocenters. The van der Waals surface area contributed by atoms with Crippen molar-refractivity contribution < 1.29 is 13.3 Å². The quantitative estimate of drug-likeness (QED) is 0.184. The normalized spacial score (nSPS) is 12.1. The summed E-state index contributed by atoms with van der Waals surface area (Å²) in [5.41, 5.74) is 8.85. The second-order valence-corrected chi connectivity index (χ2v) is 14.0. The number of hydrogen-bond acceptors (Lipinski definition) is 5. The van der Waals surface area contributed by atoms with Crippen molar-refractivity contribution in [2.24, 2.45) is 0 Å². The van der Waals surface area contributed by atoms with Crippen LogP contribution in [0.3, 0.4) is 0 Å². The molecule has 0 fully saturated rings. The zero-order valence-corrected chi connectivity index (χ0v) is 28.8. The Balaban J connectivity index is 1.04. The first-order chi connectivity index (χ1) is 26.7. The van der Waals surface area contributed by atoms with Crippen LogP contribution in [-0.2, 0) is 0 Å². The monoisotopic (exact) mass is 692 g/mol. The first-order valence-electron chi connectivity index (χ1n) is 18.1. The molecule has 0 amide bonds. The number of furan rings is 2. The summed E-state index contributed by atoms with van der Waals surface area (Å²) in [5, 5.41) is 11.0. The minimum atomic E-state index is 0.573. The highest BCUT2D eigenvalue weighted by atomic mass is 16.4. The van der Waals surface area contributed by atoms with E-state index in [4.69, 9.17) is 18.2 Å². The molecule has 12 aromatic rings. The lowest BCUT2D eigenvalue weighted by molar-refractivity contribution is 0.620. The fraction of sp³-hybridized carbons (Fsp3) is 0. The van der Waals surface area contributed by atoms with Crippen LogP contribution in [0.5, 0.6) is 0 Å². The smallest absolute Gasteiger partial charge is 0.228 e. The van der Waals surface area contributed by atoms with Crippen molar-refractivity contribution in [3.05, 3.63) is 170 Å². The largest absolute Gasteiger partial charge is 0.456 e. The maximum Gasteiger partial charge on any atom is 0.228 e. The van der Waals surface area contributed by atoms with Gasteiger partial charge in [-0.05, 0) is 99.7 Å². The third-order valence-corrected chi connectivity index (χ3v) is 10.8. The predicted octanol–water partition coefficient (Wildman–Crippen LogP) is 14.2. The van der Waals surface area contributed by atoms with Gasteiger partial charge in [0.15, 0.2) is 5.58 Å². The second kappa shape index (κ2) is 11.1. The zero-order valence-electron chi connectivity index (χ0n) is 28.8. The van der Waals surface area contributed by atoms with Crippen molar-refractivity contribution in [3.8, 4) is 11.5 Å². The number of aromatic nitrogens is 1. The first-order valence-corrected chi connectivity index (χ1v) is 18.1. The summed E-state index contributed by atoms with van der Waals surface area (Å²) in [6.07, 6.45) is 0. The molecule has 0 aliphatic heterocycles. The number of anilines is 3. The molecule has 9 aromatic carbocycles. The average molecular weight is 693 g/mol. The minimum Gasteiger partial charge on any atom is -0.456 e. The molecular formula is C49H28N2O3. The van der Waals surface area contributed by atoms with E-state index in [-0.39, 0.29) is 0 Å². The van der Waals surface area contributed by atoms with Crippen LogP contribution in [0, 0.1) is 0 Å². The molecule has 5 nitrogen and oxygen atoms in total. The third kappa shape index (κ3) is 4.36. The summed E-state index contributed by atoms with van der Waals surface area (Å²) in [4.78, 5) is 7.25. The van der Waals surface area contributed by atoms with Gasteiger partial charge in [0, 0.05) is 55.6 Å². The Bertz CT molecular complexity index is 3420. The van der Waals surface area contributed by atoms with Crippen molar-refractivity contribution >= 4 is 104 Å². The summed E-state index contributed by atoms with van der Waals surface area (Å²) < 4.78 is 19.5. The average Bonchev–Trinajstić information content (AvgIpc) is 3.93. The fourth-order valence-electron chi connectivity index (χ4n) is 8.25. The number of hydrogen-bond donors (Lipinski definition) is 0. The van der Waals surface area contributed by atoms with E-state index in [1.807, 2.05) is 24.3 Å². The van der Waals surface area contributed by atoms with Gasteiger partial charge in [-0.2, -0.15) is 0 Å². The number of oxazole rings is 1. The summed E-state index contributed by atoms with van der Waals surface area (Å²) in [7, 11) is 0. The molecule has 0 aliphatic rings. The van der Waals surface area contributed by atoms with Crippen LogP contribution in [0.2, 0.25) is 0 Å². The highest BCUT2D eigenvalue weighted by Gasteiger charge is 2.21. The number of rotatable bonds is 4. The summed E-state index contributed by atoms with van der Waals surface area (Å²) in [6.45, 7) is 0. The van der Waals surface area contributed by atoms with E-state index in [2.05, 4.69) is 150 Å². The molecule has 12 rings (SSSR count). The van der Waals surface area contributed by atoms with E-state index in [1.165, 1.54) is 10.8 Å². The zero-order chi connectivity index (χ0) is 35.3. The molecule has 0 N–H and O–H groups in total. The summed E-state index contributed by atoms with van der Waals surface area (Å²) >= 11 is 0. The van der Waals surface area contributed by atoms with E-state index in [0.717, 1.165) is 99.1 Å². The number of nitrogens with zero attached hydrogens (tertiary/aromatic N) is 2. The molecule has 0 radical (unpaired) electrons. The van der Waals surface area contributed by atoms with Gasteiger partial charge in [-0.1, -0.05) is 91.0 Å². The Labute approximate surface area is 307 Å². The van der Waals surface area contributed by atoms with Gasteiger partial charge in [0.2, 0.25) is 5.89 Å². The van der Waals surface area contributed by atoms with Crippen molar-refractivity contribution in [3.63, 3.8) is 0 Å². The Hall–Kier alpha value is -7.37. The second-order valence-electron chi connectivity index (χ2n) is 14.0. The van der Waals surface area contributed by atoms with E-state index in [9.17, 15) is 0 Å². The van der Waals surface area contributed by atoms with Crippen molar-refractivity contribution in [2.75, 3.05) is 4.90 Å². The maximum absolute atomic E-state index is 6.63. The molecule has 0 saturated carbocycles. The third-order valence-electron chi connectivity index (χ3n) is 10.8. The SMILES string of the molecule is c1ccc2cc(N(c3ccc4c(c3)oc3cccc(-c5nc6cc7ccccc7cc6o5)c34)c3ccc4oc5c6ccccc6ccc5c4c3)ccc2c1. The molecule has 3 heterocycles. The lowest BCUT2D eigenvalue weighted by Gasteiger charge is -2.26. The summed E-state index contributed by atoms with van der Waals surface area (Å²) in [6, 6.07) is 59.2. The van der Waals surface area contributed by atoms with Gasteiger partial charge in [-0.3, -0.25) is 0 Å². The van der Waals surface area contributed by atoms with E-state index < -0.39 is 0 Å². The van der Waals surface area contributed by atoms with Gasteiger partial charge in [0.05, 0.1) is 0 Å². The Morgan fingerprint density at radius 2 is 1.06 bits per heavy atom. The molecule has 5 heteroatoms. The summed E-state index contributed by atoms with van der Waals surface area (Å²) in [5.74, 6) is 0.573. The van der Waals surface area contributed by atoms with Crippen LogP contribution < -0.4 is 4.90 Å². The van der Waals surface area contributed by atoms with Crippen LogP contribution in [0.25, 0.3) is 98.7 Å². The van der Waals surface area contributed by atoms with Crippen LogP contribution in [0.15, 0.2) is 183 Å². The highest BCUT2D eigenvalue weighted by molar-refractivity contribution is 6.16. The maximum atomic E-state index is 6.63. The highest BCUT2D eigenvalue weighted by Crippen LogP contribution is 2.44. The van der Waals surface area contributed by atoms with E-state index >= 15 is 0 Å². The number of fused-ring (bicyclic) bond motifs is 11. The molecule has 3 aromatic heterocycles. The molecule has 0 saturated heterocycles. The Kier molecular flexibility index (Phi) is 5.99. The van der Waals surface area contributed by atoms with Gasteiger partial charge in [0.1, 0.15) is 27.8 Å². The fourth-order valence-corrected chi connectivity index (χ4v) is 8.25. The van der Waals surface area contributed by atoms with Crippen molar-refractivity contribution in [2.45, 2.75) is 0 Å². The van der Waals surface area contributed by atoms with Crippen molar-refractivity contribution in [1.82, 2.24) is 4.98 Å². The minimum absolute atomic E-state index is 0.573. The van der Waals surface area contributed by atoms with Gasteiger partial charge in [-0.25, -0.2) is 4.98 Å². The number of benzene rings is 9. The first kappa shape index (κ1) is 29.2. The van der Waals surface area contributed by atoms with E-state index in [1.54, 1.807) is 0 Å². The lowest BCUT2D eigenvalue weighted by atomic mass is 10.0. The Morgan fingerprint density at radius 3 is 1.94 bits per heavy atom. The molecular weight excluding hydrogens is 665 g/mol. The molecule has 0 aliphatic carbocycles. The lowest BCUT2D eigenvalue weighted by Crippen LogP contribution is -2.09. The van der Waals surface area contributed by atoms with Gasteiger partial charge < -0.3 is 18.2 Å². The molecule has 0 spiro atoms. The molecule has 0 unspecified atom stereocenters. The Morgan fingerprint density at radius 1 is 0.370 bits per heavy atom. The van der Waals surface area contributed by atoms with Gasteiger partial charge in [-0.15, -0.1) is 0 Å². The predicted molar refractivity (Wildman–Crippen MR) is 221 cm³/mol. The standard InChI is InChI=1S/C49H28N2O3/c1-2-10-31-24-34(18-16-29(31)8-1)51(35-20-23-43-41(27-35)38-21-17-30-9-5-6-13-37(30)48(38)53-43)36-19-22-39-45(28-36)52-44-15-7-14-40(47(39)44)49-50-42-25-32-11-3-4-12-33(32)26-46(42)54-49/h1-28H.